The van der Waals surface area contributed by atoms with E-state index in [9.17, 15) is 4.79 Å². The molecule has 2 aliphatic rings. The van der Waals surface area contributed by atoms with Crippen LogP contribution in [0.4, 0.5) is 0 Å². The zero-order chi connectivity index (χ0) is 24.1. The molecule has 1 aliphatic heterocycles. The van der Waals surface area contributed by atoms with Gasteiger partial charge in [0.15, 0.2) is 5.60 Å². The molecule has 5 rings (SSSR count). The summed E-state index contributed by atoms with van der Waals surface area (Å²) in [4.78, 5) is 27.0. The van der Waals surface area contributed by atoms with Gasteiger partial charge >= 0.3 is 0 Å². The fraction of sp³-hybridized carbons (Fsp3) is 0.250. The molecular formula is C28H27BrN2O3. The van der Waals surface area contributed by atoms with Crippen LogP contribution in [0.25, 0.3) is 11.1 Å². The summed E-state index contributed by atoms with van der Waals surface area (Å²) in [5, 5.41) is 3.38. The Labute approximate surface area is 208 Å². The van der Waals surface area contributed by atoms with Crippen LogP contribution in [0.3, 0.4) is 0 Å². The van der Waals surface area contributed by atoms with Crippen LogP contribution in [0.5, 0.6) is 0 Å². The highest BCUT2D eigenvalue weighted by atomic mass is 79.9. The number of fused-ring (bicyclic) bond motifs is 5. The highest BCUT2D eigenvalue weighted by molar-refractivity contribution is 9.10. The number of carbonyl (C=O) groups excluding carboxylic acids is 1. The molecule has 5 nitrogen and oxygen atoms in total. The van der Waals surface area contributed by atoms with Gasteiger partial charge in [-0.3, -0.25) is 14.5 Å². The molecule has 1 spiro atoms. The molecule has 0 aromatic heterocycles. The first-order chi connectivity index (χ1) is 16.3. The maximum atomic E-state index is 14.0. The molecule has 174 valence electrons. The zero-order valence-corrected chi connectivity index (χ0v) is 21.3. The highest BCUT2D eigenvalue weighted by Crippen LogP contribution is 2.57. The van der Waals surface area contributed by atoms with Crippen molar-refractivity contribution in [3.8, 4) is 11.1 Å². The number of nitrogens with zero attached hydrogens (tertiary/aromatic N) is 2. The monoisotopic (exact) mass is 518 g/mol. The van der Waals surface area contributed by atoms with Crippen LogP contribution in [0.2, 0.25) is 0 Å². The van der Waals surface area contributed by atoms with E-state index in [1.165, 1.54) is 5.06 Å². The largest absolute Gasteiger partial charge is 0.283 e. The summed E-state index contributed by atoms with van der Waals surface area (Å²) < 4.78 is 0.914. The van der Waals surface area contributed by atoms with Gasteiger partial charge in [-0.05, 0) is 56.5 Å². The van der Waals surface area contributed by atoms with Crippen LogP contribution >= 0.6 is 15.9 Å². The number of hydrogen-bond donors (Lipinski definition) is 0. The number of benzene rings is 3. The van der Waals surface area contributed by atoms with Gasteiger partial charge < -0.3 is 0 Å². The molecular weight excluding hydrogens is 492 g/mol. The average Bonchev–Trinajstić information content (AvgIpc) is 3.12. The van der Waals surface area contributed by atoms with Crippen molar-refractivity contribution in [3.05, 3.63) is 106 Å². The van der Waals surface area contributed by atoms with Crippen molar-refractivity contribution in [2.75, 3.05) is 0 Å². The lowest BCUT2D eigenvalue weighted by atomic mass is 9.92. The van der Waals surface area contributed by atoms with E-state index in [1.807, 2.05) is 79.6 Å². The van der Waals surface area contributed by atoms with Crippen molar-refractivity contribution >= 4 is 21.8 Å². The Morgan fingerprint density at radius 3 is 2.41 bits per heavy atom. The highest BCUT2D eigenvalue weighted by Gasteiger charge is 2.63. The lowest BCUT2D eigenvalue weighted by molar-refractivity contribution is -0.373. The summed E-state index contributed by atoms with van der Waals surface area (Å²) in [6, 6.07) is 24.2. The molecule has 1 amide bonds. The minimum absolute atomic E-state index is 0.244. The zero-order valence-electron chi connectivity index (χ0n) is 19.7. The van der Waals surface area contributed by atoms with Gasteiger partial charge in [0.2, 0.25) is 5.66 Å². The summed E-state index contributed by atoms with van der Waals surface area (Å²) in [5.74, 6) is -0.244. The number of carbonyl (C=O) groups is 1. The Bertz CT molecular complexity index is 1290. The van der Waals surface area contributed by atoms with Gasteiger partial charge in [0, 0.05) is 21.3 Å². The third-order valence-electron chi connectivity index (χ3n) is 6.50. The van der Waals surface area contributed by atoms with Crippen LogP contribution in [-0.4, -0.2) is 21.6 Å². The number of halogens is 1. The third kappa shape index (κ3) is 3.32. The lowest BCUT2D eigenvalue weighted by Gasteiger charge is -2.55. The van der Waals surface area contributed by atoms with Crippen molar-refractivity contribution < 1.29 is 14.5 Å². The Morgan fingerprint density at radius 1 is 1.00 bits per heavy atom. The molecule has 1 atom stereocenters. The van der Waals surface area contributed by atoms with Crippen LogP contribution in [0.1, 0.15) is 44.4 Å². The van der Waals surface area contributed by atoms with E-state index in [0.717, 1.165) is 38.0 Å². The number of rotatable bonds is 4. The number of hydroxylamine groups is 4. The second-order valence-corrected chi connectivity index (χ2v) is 10.0. The molecule has 1 unspecified atom stereocenters. The predicted molar refractivity (Wildman–Crippen MR) is 135 cm³/mol. The van der Waals surface area contributed by atoms with E-state index in [0.29, 0.717) is 0 Å². The van der Waals surface area contributed by atoms with Crippen molar-refractivity contribution in [2.24, 2.45) is 0 Å². The van der Waals surface area contributed by atoms with Gasteiger partial charge in [-0.2, -0.15) is 5.06 Å². The summed E-state index contributed by atoms with van der Waals surface area (Å²) in [5.41, 5.74) is 3.52. The molecule has 0 bridgehead atoms. The van der Waals surface area contributed by atoms with E-state index in [-0.39, 0.29) is 12.5 Å². The van der Waals surface area contributed by atoms with Gasteiger partial charge in [0.1, 0.15) is 6.61 Å². The van der Waals surface area contributed by atoms with E-state index < -0.39 is 11.3 Å². The fourth-order valence-electron chi connectivity index (χ4n) is 4.76. The number of hydrogen-bond acceptors (Lipinski definition) is 4. The molecule has 3 aromatic carbocycles. The normalized spacial score (nSPS) is 21.1. The number of amides is 1. The quantitative estimate of drug-likeness (QED) is 0.393. The maximum absolute atomic E-state index is 14.0. The first-order valence-corrected chi connectivity index (χ1v) is 12.1. The van der Waals surface area contributed by atoms with E-state index in [4.69, 9.17) is 9.68 Å². The minimum Gasteiger partial charge on any atom is -0.269 e. The van der Waals surface area contributed by atoms with Crippen LogP contribution in [-0.2, 0) is 26.7 Å². The van der Waals surface area contributed by atoms with Crippen LogP contribution in [0, 0.1) is 0 Å². The summed E-state index contributed by atoms with van der Waals surface area (Å²) in [6.45, 7) is 7.76. The second kappa shape index (κ2) is 8.38. The Balaban J connectivity index is 1.79. The molecule has 1 heterocycles. The Morgan fingerprint density at radius 2 is 1.68 bits per heavy atom. The molecule has 1 fully saturated rings. The fourth-order valence-corrected chi connectivity index (χ4v) is 5.12. The van der Waals surface area contributed by atoms with Gasteiger partial charge in [-0.15, -0.1) is 0 Å². The van der Waals surface area contributed by atoms with Crippen molar-refractivity contribution in [3.63, 3.8) is 0 Å². The molecule has 34 heavy (non-hydrogen) atoms. The van der Waals surface area contributed by atoms with Gasteiger partial charge in [0.25, 0.3) is 5.91 Å². The maximum Gasteiger partial charge on any atom is 0.283 e. The molecule has 0 saturated carbocycles. The smallest absolute Gasteiger partial charge is 0.269 e. The molecule has 0 N–H and O–H groups in total. The third-order valence-corrected chi connectivity index (χ3v) is 6.99. The van der Waals surface area contributed by atoms with E-state index in [2.05, 4.69) is 34.1 Å². The summed E-state index contributed by atoms with van der Waals surface area (Å²) >= 11 is 3.65. The molecule has 3 aromatic rings. The lowest BCUT2D eigenvalue weighted by Crippen LogP contribution is -2.69. The summed E-state index contributed by atoms with van der Waals surface area (Å²) in [6.07, 6.45) is 1.99. The molecule has 1 aliphatic carbocycles. The molecule has 1 saturated heterocycles. The average molecular weight is 519 g/mol. The summed E-state index contributed by atoms with van der Waals surface area (Å²) in [7, 11) is 0. The predicted octanol–water partition coefficient (Wildman–Crippen LogP) is 6.54. The van der Waals surface area contributed by atoms with E-state index in [1.54, 1.807) is 13.8 Å². The van der Waals surface area contributed by atoms with Crippen molar-refractivity contribution in [1.82, 2.24) is 10.1 Å². The topological polar surface area (TPSA) is 42.0 Å². The SMILES string of the molecule is C/C=C(\C)N1OC(C)(C)C(=O)N(OCc2ccccc2)C12c1ccccc1-c1ccc(Br)cc12. The van der Waals surface area contributed by atoms with Gasteiger partial charge in [0.05, 0.1) is 0 Å². The van der Waals surface area contributed by atoms with Crippen LogP contribution in [0.15, 0.2) is 89.0 Å². The molecule has 6 heteroatoms. The first kappa shape index (κ1) is 22.8. The molecule has 0 radical (unpaired) electrons. The van der Waals surface area contributed by atoms with Crippen molar-refractivity contribution in [2.45, 2.75) is 45.6 Å². The van der Waals surface area contributed by atoms with E-state index >= 15 is 0 Å². The second-order valence-electron chi connectivity index (χ2n) is 9.09. The first-order valence-electron chi connectivity index (χ1n) is 11.3. The van der Waals surface area contributed by atoms with Gasteiger partial charge in [-0.1, -0.05) is 82.7 Å². The van der Waals surface area contributed by atoms with Crippen LogP contribution < -0.4 is 0 Å². The van der Waals surface area contributed by atoms with Crippen molar-refractivity contribution in [1.29, 1.82) is 0 Å². The Kier molecular flexibility index (Phi) is 5.63. The minimum atomic E-state index is -1.13. The van der Waals surface area contributed by atoms with Gasteiger partial charge in [-0.25, -0.2) is 5.06 Å². The Hall–Kier alpha value is -2.93. The standard InChI is InChI=1S/C28H27BrN2O3/c1-5-19(2)30-28(24-14-10-9-13-22(24)23-16-15-21(29)17-25(23)28)31(26(32)27(3,4)34-30)33-18-20-11-7-6-8-12-20/h5-17H,18H2,1-4H3/b19-5+. The number of allylic oxidation sites excluding steroid dienone is 2.